The Morgan fingerprint density at radius 2 is 2.25 bits per heavy atom. The van der Waals surface area contributed by atoms with E-state index in [0.717, 1.165) is 25.5 Å². The maximum Gasteiger partial charge on any atom is 0.113 e. The number of likely N-dealkylation sites (tertiary alicyclic amines) is 1. The minimum atomic E-state index is 0.625. The van der Waals surface area contributed by atoms with Crippen LogP contribution >= 0.6 is 0 Å². The van der Waals surface area contributed by atoms with Crippen LogP contribution in [0.4, 0.5) is 0 Å². The van der Waals surface area contributed by atoms with Crippen molar-refractivity contribution < 1.29 is 4.74 Å². The largest absolute Gasteiger partial charge is 0.385 e. The number of hydrogen-bond acceptors (Lipinski definition) is 3. The van der Waals surface area contributed by atoms with E-state index in [1.54, 1.807) is 7.11 Å². The monoisotopic (exact) mass is 277 g/mol. The third-order valence-electron chi connectivity index (χ3n) is 4.59. The molecular formula is C16H27N3O. The lowest BCUT2D eigenvalue weighted by Gasteiger charge is -2.32. The van der Waals surface area contributed by atoms with Crippen molar-refractivity contribution in [3.63, 3.8) is 0 Å². The fourth-order valence-electron chi connectivity index (χ4n) is 3.32. The zero-order valence-electron chi connectivity index (χ0n) is 12.6. The number of nitrogens with zero attached hydrogens (tertiary/aromatic N) is 3. The van der Waals surface area contributed by atoms with Gasteiger partial charge in [0.2, 0.25) is 0 Å². The normalized spacial score (nSPS) is 24.1. The Morgan fingerprint density at radius 3 is 3.05 bits per heavy atom. The van der Waals surface area contributed by atoms with Gasteiger partial charge in [-0.25, -0.2) is 4.98 Å². The van der Waals surface area contributed by atoms with Crippen LogP contribution < -0.4 is 0 Å². The molecule has 1 saturated heterocycles. The topological polar surface area (TPSA) is 30.3 Å². The SMILES string of the molecule is COCCCN1CCCC(c2nccn2CC2CC2)C1. The molecule has 1 saturated carbocycles. The molecule has 4 nitrogen and oxygen atoms in total. The molecule has 0 radical (unpaired) electrons. The minimum Gasteiger partial charge on any atom is -0.385 e. The second kappa shape index (κ2) is 6.72. The fourth-order valence-corrected chi connectivity index (χ4v) is 3.32. The lowest BCUT2D eigenvalue weighted by Crippen LogP contribution is -2.36. The summed E-state index contributed by atoms with van der Waals surface area (Å²) in [6.45, 7) is 5.63. The molecule has 4 heteroatoms. The zero-order valence-corrected chi connectivity index (χ0v) is 12.6. The highest BCUT2D eigenvalue weighted by Gasteiger charge is 2.27. The van der Waals surface area contributed by atoms with Crippen molar-refractivity contribution >= 4 is 0 Å². The first-order valence-electron chi connectivity index (χ1n) is 8.09. The molecule has 112 valence electrons. The quantitative estimate of drug-likeness (QED) is 0.717. The first-order valence-corrected chi connectivity index (χ1v) is 8.09. The average molecular weight is 277 g/mol. The fraction of sp³-hybridized carbons (Fsp3) is 0.812. The molecule has 2 fully saturated rings. The van der Waals surface area contributed by atoms with E-state index in [1.165, 1.54) is 51.1 Å². The Labute approximate surface area is 122 Å². The van der Waals surface area contributed by atoms with E-state index in [2.05, 4.69) is 20.6 Å². The van der Waals surface area contributed by atoms with Gasteiger partial charge in [0.05, 0.1) is 0 Å². The molecule has 0 spiro atoms. The van der Waals surface area contributed by atoms with Gasteiger partial charge >= 0.3 is 0 Å². The first kappa shape index (κ1) is 14.1. The smallest absolute Gasteiger partial charge is 0.113 e. The lowest BCUT2D eigenvalue weighted by atomic mass is 9.97. The van der Waals surface area contributed by atoms with E-state index in [0.29, 0.717) is 5.92 Å². The minimum absolute atomic E-state index is 0.625. The molecule has 1 aromatic rings. The van der Waals surface area contributed by atoms with Crippen molar-refractivity contribution in [3.8, 4) is 0 Å². The van der Waals surface area contributed by atoms with Crippen molar-refractivity contribution in [2.45, 2.75) is 44.6 Å². The van der Waals surface area contributed by atoms with Crippen LogP contribution in [0.15, 0.2) is 12.4 Å². The summed E-state index contributed by atoms with van der Waals surface area (Å²) in [5.41, 5.74) is 0. The Kier molecular flexibility index (Phi) is 4.73. The van der Waals surface area contributed by atoms with E-state index in [1.807, 2.05) is 6.20 Å². The third kappa shape index (κ3) is 3.61. The van der Waals surface area contributed by atoms with Gasteiger partial charge in [-0.2, -0.15) is 0 Å². The molecule has 0 amide bonds. The van der Waals surface area contributed by atoms with Crippen LogP contribution in [0.2, 0.25) is 0 Å². The second-order valence-corrected chi connectivity index (χ2v) is 6.37. The standard InChI is InChI=1S/C16H27N3O/c1-20-11-3-9-18-8-2-4-15(13-18)16-17-7-10-19(16)12-14-5-6-14/h7,10,14-15H,2-6,8-9,11-13H2,1H3. The molecule has 3 rings (SSSR count). The van der Waals surface area contributed by atoms with Gasteiger partial charge in [0.1, 0.15) is 5.82 Å². The molecule has 1 unspecified atom stereocenters. The number of imidazole rings is 1. The summed E-state index contributed by atoms with van der Waals surface area (Å²) < 4.78 is 7.58. The first-order chi connectivity index (χ1) is 9.86. The summed E-state index contributed by atoms with van der Waals surface area (Å²) in [6.07, 6.45) is 10.7. The molecule has 1 aliphatic carbocycles. The predicted octanol–water partition coefficient (Wildman–Crippen LogP) is 2.51. The maximum absolute atomic E-state index is 5.16. The molecule has 0 bridgehead atoms. The summed E-state index contributed by atoms with van der Waals surface area (Å²) in [5.74, 6) is 2.87. The number of methoxy groups -OCH3 is 1. The third-order valence-corrected chi connectivity index (χ3v) is 4.59. The second-order valence-electron chi connectivity index (χ2n) is 6.37. The maximum atomic E-state index is 5.16. The van der Waals surface area contributed by atoms with Crippen LogP contribution in [-0.2, 0) is 11.3 Å². The molecule has 1 aliphatic heterocycles. The number of ether oxygens (including phenoxy) is 1. The van der Waals surface area contributed by atoms with E-state index >= 15 is 0 Å². The van der Waals surface area contributed by atoms with Gasteiger partial charge in [0, 0.05) is 51.7 Å². The van der Waals surface area contributed by atoms with Crippen molar-refractivity contribution in [2.75, 3.05) is 33.4 Å². The van der Waals surface area contributed by atoms with Crippen LogP contribution in [-0.4, -0.2) is 47.8 Å². The van der Waals surface area contributed by atoms with Crippen molar-refractivity contribution in [2.24, 2.45) is 5.92 Å². The number of hydrogen-bond donors (Lipinski definition) is 0. The molecule has 1 aromatic heterocycles. The van der Waals surface area contributed by atoms with E-state index in [-0.39, 0.29) is 0 Å². The van der Waals surface area contributed by atoms with Gasteiger partial charge in [-0.1, -0.05) is 0 Å². The number of rotatable bonds is 7. The summed E-state index contributed by atoms with van der Waals surface area (Å²) >= 11 is 0. The number of aromatic nitrogens is 2. The molecule has 20 heavy (non-hydrogen) atoms. The summed E-state index contributed by atoms with van der Waals surface area (Å²) in [7, 11) is 1.79. The molecule has 0 aromatic carbocycles. The van der Waals surface area contributed by atoms with Gasteiger partial charge in [-0.15, -0.1) is 0 Å². The number of piperidine rings is 1. The van der Waals surface area contributed by atoms with Crippen LogP contribution in [0.25, 0.3) is 0 Å². The predicted molar refractivity (Wildman–Crippen MR) is 79.9 cm³/mol. The highest BCUT2D eigenvalue weighted by molar-refractivity contribution is 5.04. The lowest BCUT2D eigenvalue weighted by molar-refractivity contribution is 0.153. The summed E-state index contributed by atoms with van der Waals surface area (Å²) in [5, 5.41) is 0. The summed E-state index contributed by atoms with van der Waals surface area (Å²) in [4.78, 5) is 7.25. The van der Waals surface area contributed by atoms with Crippen LogP contribution in [0.5, 0.6) is 0 Å². The highest BCUT2D eigenvalue weighted by atomic mass is 16.5. The van der Waals surface area contributed by atoms with E-state index in [9.17, 15) is 0 Å². The van der Waals surface area contributed by atoms with Crippen LogP contribution in [0, 0.1) is 5.92 Å². The van der Waals surface area contributed by atoms with Gasteiger partial charge in [-0.3, -0.25) is 0 Å². The Morgan fingerprint density at radius 1 is 1.35 bits per heavy atom. The molecule has 2 heterocycles. The molecule has 0 N–H and O–H groups in total. The van der Waals surface area contributed by atoms with Crippen molar-refractivity contribution in [1.29, 1.82) is 0 Å². The highest BCUT2D eigenvalue weighted by Crippen LogP contribution is 2.33. The Balaban J connectivity index is 1.56. The Bertz CT molecular complexity index is 414. The van der Waals surface area contributed by atoms with Crippen molar-refractivity contribution in [1.82, 2.24) is 14.5 Å². The molecular weight excluding hydrogens is 250 g/mol. The molecule has 2 aliphatic rings. The van der Waals surface area contributed by atoms with Crippen LogP contribution in [0.1, 0.15) is 43.8 Å². The van der Waals surface area contributed by atoms with Gasteiger partial charge in [0.25, 0.3) is 0 Å². The van der Waals surface area contributed by atoms with Gasteiger partial charge < -0.3 is 14.2 Å². The Hall–Kier alpha value is -0.870. The zero-order chi connectivity index (χ0) is 13.8. The molecule has 1 atom stereocenters. The van der Waals surface area contributed by atoms with Crippen molar-refractivity contribution in [3.05, 3.63) is 18.2 Å². The summed E-state index contributed by atoms with van der Waals surface area (Å²) in [6, 6.07) is 0. The van der Waals surface area contributed by atoms with E-state index < -0.39 is 0 Å². The van der Waals surface area contributed by atoms with Crippen LogP contribution in [0.3, 0.4) is 0 Å². The average Bonchev–Trinajstić information content (AvgIpc) is 3.15. The van der Waals surface area contributed by atoms with Gasteiger partial charge in [-0.05, 0) is 44.6 Å². The van der Waals surface area contributed by atoms with Gasteiger partial charge in [0.15, 0.2) is 0 Å². The van der Waals surface area contributed by atoms with E-state index in [4.69, 9.17) is 4.74 Å².